The Morgan fingerprint density at radius 3 is 2.65 bits per heavy atom. The largest absolute Gasteiger partial charge is 0.417 e. The number of pyridine rings is 1. The predicted molar refractivity (Wildman–Crippen MR) is 130 cm³/mol. The normalized spacial score (nSPS) is 20.9. The van der Waals surface area contributed by atoms with Crippen molar-refractivity contribution in [3.05, 3.63) is 48.3 Å². The van der Waals surface area contributed by atoms with Gasteiger partial charge >= 0.3 is 6.18 Å². The topological polar surface area (TPSA) is 57.3 Å². The van der Waals surface area contributed by atoms with Crippen molar-refractivity contribution in [2.45, 2.75) is 50.4 Å². The lowest BCUT2D eigenvalue weighted by Gasteiger charge is -2.28. The van der Waals surface area contributed by atoms with E-state index < -0.39 is 11.7 Å². The number of nitrogens with one attached hydrogen (secondary N) is 2. The summed E-state index contributed by atoms with van der Waals surface area (Å²) in [5, 5.41) is 7.49. The highest BCUT2D eigenvalue weighted by Gasteiger charge is 2.35. The van der Waals surface area contributed by atoms with Gasteiger partial charge in [-0.1, -0.05) is 24.8 Å². The summed E-state index contributed by atoms with van der Waals surface area (Å²) in [4.78, 5) is 18.3. The minimum absolute atomic E-state index is 0.0146. The molecule has 2 N–H and O–H groups in total. The molecule has 34 heavy (non-hydrogen) atoms. The standard InChI is InChI=1S/C26H31F3N4O/c1-16(26(27,28)29)24-19-8-4-9-21(32-22-10-5-11-23(22)33(2)3)20(19)15-18(31-24)7-6-14-30-25(34)17-12-13-17/h4,6-9,15,17,22-23,32H,1,5,10-14H2,2-3H3,(H,30,34)/b7-6+/t22-,23+/m1/s1. The van der Waals surface area contributed by atoms with Gasteiger partial charge in [-0.05, 0) is 64.4 Å². The molecular formula is C26H31F3N4O. The average Bonchev–Trinajstić information content (AvgIpc) is 3.54. The van der Waals surface area contributed by atoms with Gasteiger partial charge in [0.15, 0.2) is 0 Å². The van der Waals surface area contributed by atoms with Crippen LogP contribution in [0.1, 0.15) is 43.5 Å². The summed E-state index contributed by atoms with van der Waals surface area (Å²) in [5.41, 5.74) is 0.0230. The molecule has 2 aliphatic carbocycles. The molecule has 0 unspecified atom stereocenters. The number of likely N-dealkylation sites (N-methyl/N-ethyl adjacent to an activating group) is 1. The summed E-state index contributed by atoms with van der Waals surface area (Å²) < 4.78 is 40.8. The fourth-order valence-corrected chi connectivity index (χ4v) is 4.63. The molecule has 1 aromatic carbocycles. The third-order valence-electron chi connectivity index (χ3n) is 6.64. The van der Waals surface area contributed by atoms with E-state index >= 15 is 0 Å². The first-order valence-corrected chi connectivity index (χ1v) is 11.7. The second-order valence-electron chi connectivity index (χ2n) is 9.41. The maximum Gasteiger partial charge on any atom is 0.417 e. The number of alkyl halides is 3. The molecule has 2 aliphatic rings. The molecular weight excluding hydrogens is 441 g/mol. The minimum atomic E-state index is -4.59. The summed E-state index contributed by atoms with van der Waals surface area (Å²) in [6.07, 6.45) is 3.77. The predicted octanol–water partition coefficient (Wildman–Crippen LogP) is 5.24. The van der Waals surface area contributed by atoms with Crippen LogP contribution < -0.4 is 10.6 Å². The fraction of sp³-hybridized carbons (Fsp3) is 0.462. The van der Waals surface area contributed by atoms with Gasteiger partial charge in [0.2, 0.25) is 5.91 Å². The van der Waals surface area contributed by atoms with Gasteiger partial charge in [0, 0.05) is 41.0 Å². The first-order chi connectivity index (χ1) is 16.1. The zero-order chi connectivity index (χ0) is 24.5. The first kappa shape index (κ1) is 24.3. The van der Waals surface area contributed by atoms with Gasteiger partial charge in [-0.3, -0.25) is 4.79 Å². The Balaban J connectivity index is 1.68. The Labute approximate surface area is 198 Å². The van der Waals surface area contributed by atoms with Crippen LogP contribution in [0.15, 0.2) is 36.9 Å². The van der Waals surface area contributed by atoms with E-state index in [1.165, 1.54) is 0 Å². The lowest BCUT2D eigenvalue weighted by Crippen LogP contribution is -2.39. The number of hydrogen-bond acceptors (Lipinski definition) is 4. The molecule has 1 heterocycles. The SMILES string of the molecule is C=C(c1nc(/C=C/CNC(=O)C2CC2)cc2c(N[C@@H]3CCC[C@@H]3N(C)C)cccc12)C(F)(F)F. The van der Waals surface area contributed by atoms with Gasteiger partial charge < -0.3 is 15.5 Å². The molecule has 5 nitrogen and oxygen atoms in total. The van der Waals surface area contributed by atoms with E-state index in [0.717, 1.165) is 37.8 Å². The Bertz CT molecular complexity index is 1110. The van der Waals surface area contributed by atoms with Gasteiger partial charge in [0.25, 0.3) is 0 Å². The number of halogens is 3. The smallest absolute Gasteiger partial charge is 0.380 e. The van der Waals surface area contributed by atoms with E-state index in [0.29, 0.717) is 29.1 Å². The van der Waals surface area contributed by atoms with Crippen molar-refractivity contribution in [1.82, 2.24) is 15.2 Å². The van der Waals surface area contributed by atoms with Crippen LogP contribution in [0.3, 0.4) is 0 Å². The van der Waals surface area contributed by atoms with E-state index in [1.54, 1.807) is 30.4 Å². The molecule has 1 aromatic heterocycles. The second kappa shape index (κ2) is 9.78. The molecule has 182 valence electrons. The molecule has 0 saturated heterocycles. The maximum absolute atomic E-state index is 13.6. The van der Waals surface area contributed by atoms with Crippen LogP contribution in [0.4, 0.5) is 18.9 Å². The van der Waals surface area contributed by atoms with E-state index in [4.69, 9.17) is 0 Å². The van der Waals surface area contributed by atoms with E-state index in [-0.39, 0.29) is 23.6 Å². The molecule has 0 spiro atoms. The van der Waals surface area contributed by atoms with Crippen LogP contribution in [0.2, 0.25) is 0 Å². The number of anilines is 1. The van der Waals surface area contributed by atoms with Crippen molar-refractivity contribution in [3.8, 4) is 0 Å². The van der Waals surface area contributed by atoms with Crippen LogP contribution in [0.5, 0.6) is 0 Å². The highest BCUT2D eigenvalue weighted by Crippen LogP contribution is 2.38. The van der Waals surface area contributed by atoms with E-state index in [2.05, 4.69) is 27.1 Å². The number of fused-ring (bicyclic) bond motifs is 1. The minimum Gasteiger partial charge on any atom is -0.380 e. The fourth-order valence-electron chi connectivity index (χ4n) is 4.63. The maximum atomic E-state index is 13.6. The zero-order valence-electron chi connectivity index (χ0n) is 19.6. The lowest BCUT2D eigenvalue weighted by molar-refractivity contribution is -0.122. The summed E-state index contributed by atoms with van der Waals surface area (Å²) in [7, 11) is 4.10. The van der Waals surface area contributed by atoms with Crippen molar-refractivity contribution in [2.75, 3.05) is 26.0 Å². The molecule has 0 aliphatic heterocycles. The molecule has 2 fully saturated rings. The number of benzene rings is 1. The van der Waals surface area contributed by atoms with Crippen LogP contribution in [0.25, 0.3) is 22.4 Å². The molecule has 2 saturated carbocycles. The van der Waals surface area contributed by atoms with Gasteiger partial charge in [-0.15, -0.1) is 0 Å². The van der Waals surface area contributed by atoms with Crippen LogP contribution in [-0.4, -0.2) is 54.7 Å². The first-order valence-electron chi connectivity index (χ1n) is 11.7. The number of hydrogen-bond donors (Lipinski definition) is 2. The Hall–Kier alpha value is -2.87. The summed E-state index contributed by atoms with van der Waals surface area (Å²) in [6.45, 7) is 3.61. The van der Waals surface area contributed by atoms with Gasteiger partial charge in [0.1, 0.15) is 0 Å². The quantitative estimate of drug-likeness (QED) is 0.552. The lowest BCUT2D eigenvalue weighted by atomic mass is 10.0. The average molecular weight is 473 g/mol. The molecule has 4 rings (SSSR count). The van der Waals surface area contributed by atoms with Crippen molar-refractivity contribution in [2.24, 2.45) is 5.92 Å². The van der Waals surface area contributed by atoms with Crippen LogP contribution in [0, 0.1) is 5.92 Å². The van der Waals surface area contributed by atoms with Gasteiger partial charge in [-0.2, -0.15) is 13.2 Å². The summed E-state index contributed by atoms with van der Waals surface area (Å²) in [5.74, 6) is 0.116. The third kappa shape index (κ3) is 5.43. The molecule has 2 aromatic rings. The zero-order valence-corrected chi connectivity index (χ0v) is 19.6. The van der Waals surface area contributed by atoms with E-state index in [9.17, 15) is 18.0 Å². The van der Waals surface area contributed by atoms with Crippen LogP contribution >= 0.6 is 0 Å². The second-order valence-corrected chi connectivity index (χ2v) is 9.41. The third-order valence-corrected chi connectivity index (χ3v) is 6.64. The number of carbonyl (C=O) groups is 1. The molecule has 0 radical (unpaired) electrons. The number of amides is 1. The number of allylic oxidation sites excluding steroid dienone is 1. The van der Waals surface area contributed by atoms with Gasteiger partial charge in [-0.25, -0.2) is 4.98 Å². The van der Waals surface area contributed by atoms with Crippen LogP contribution in [-0.2, 0) is 4.79 Å². The van der Waals surface area contributed by atoms with E-state index in [1.807, 2.05) is 20.2 Å². The molecule has 1 amide bonds. The van der Waals surface area contributed by atoms with Crippen molar-refractivity contribution >= 4 is 34.0 Å². The van der Waals surface area contributed by atoms with Crippen molar-refractivity contribution in [1.29, 1.82) is 0 Å². The number of rotatable bonds is 8. The van der Waals surface area contributed by atoms with Crippen molar-refractivity contribution in [3.63, 3.8) is 0 Å². The number of carbonyl (C=O) groups excluding carboxylic acids is 1. The highest BCUT2D eigenvalue weighted by atomic mass is 19.4. The molecule has 0 bridgehead atoms. The van der Waals surface area contributed by atoms with Gasteiger partial charge in [0.05, 0.1) is 17.0 Å². The number of aromatic nitrogens is 1. The summed E-state index contributed by atoms with van der Waals surface area (Å²) in [6, 6.07) is 7.67. The Kier molecular flexibility index (Phi) is 6.98. The Morgan fingerprint density at radius 1 is 1.21 bits per heavy atom. The molecule has 8 heteroatoms. The monoisotopic (exact) mass is 472 g/mol. The summed E-state index contributed by atoms with van der Waals surface area (Å²) >= 11 is 0. The highest BCUT2D eigenvalue weighted by molar-refractivity contribution is 6.00. The number of nitrogens with zero attached hydrogens (tertiary/aromatic N) is 2. The molecule has 2 atom stereocenters. The van der Waals surface area contributed by atoms with Crippen molar-refractivity contribution < 1.29 is 18.0 Å². The Morgan fingerprint density at radius 2 is 1.97 bits per heavy atom.